The summed E-state index contributed by atoms with van der Waals surface area (Å²) in [7, 11) is 7.10. The van der Waals surface area contributed by atoms with E-state index in [0.717, 1.165) is 51.5 Å². The first kappa shape index (κ1) is 24.1. The number of rotatable bonds is 9. The second kappa shape index (κ2) is 10.5. The molecule has 0 fully saturated rings. The number of nitrogens with one attached hydrogen (secondary N) is 1. The van der Waals surface area contributed by atoms with Crippen LogP contribution >= 0.6 is 0 Å². The molecule has 0 bridgehead atoms. The number of aryl methyl sites for hydroxylation is 1. The standard InChI is InChI=1S/C28H29N7O2/c1-29-24-6-5-10-30-26(24)9-11-35(21-12-22(36-3)15-23(13-21)37-4)20-7-8-25-27(14-20)33-28(17-31-25)19-16-32-34(2)18-19/h5-8,10,12-18,29H,9,11H2,1-4H3. The maximum Gasteiger partial charge on any atom is 0.124 e. The molecule has 0 spiro atoms. The molecule has 0 amide bonds. The summed E-state index contributed by atoms with van der Waals surface area (Å²) in [6, 6.07) is 16.0. The third-order valence-electron chi connectivity index (χ3n) is 6.22. The van der Waals surface area contributed by atoms with Crippen LogP contribution < -0.4 is 19.7 Å². The fourth-order valence-corrected chi connectivity index (χ4v) is 4.30. The lowest BCUT2D eigenvalue weighted by atomic mass is 10.1. The zero-order valence-corrected chi connectivity index (χ0v) is 21.3. The molecule has 0 saturated carbocycles. The van der Waals surface area contributed by atoms with Gasteiger partial charge in [0.2, 0.25) is 0 Å². The number of hydrogen-bond acceptors (Lipinski definition) is 8. The van der Waals surface area contributed by atoms with Gasteiger partial charge in [0.05, 0.1) is 54.7 Å². The van der Waals surface area contributed by atoms with Crippen LogP contribution in [-0.4, -0.2) is 52.5 Å². The van der Waals surface area contributed by atoms with Crippen molar-refractivity contribution in [1.82, 2.24) is 24.7 Å². The third-order valence-corrected chi connectivity index (χ3v) is 6.22. The SMILES string of the molecule is CNc1cccnc1CCN(c1cc(OC)cc(OC)c1)c1ccc2ncc(-c3cnn(C)c3)nc2c1. The lowest BCUT2D eigenvalue weighted by molar-refractivity contribution is 0.394. The number of methoxy groups -OCH3 is 2. The number of benzene rings is 2. The van der Waals surface area contributed by atoms with Crippen molar-refractivity contribution in [2.24, 2.45) is 7.05 Å². The molecule has 0 unspecified atom stereocenters. The predicted molar refractivity (Wildman–Crippen MR) is 146 cm³/mol. The molecule has 0 saturated heterocycles. The van der Waals surface area contributed by atoms with Crippen molar-refractivity contribution in [1.29, 1.82) is 0 Å². The Morgan fingerprint density at radius 1 is 0.919 bits per heavy atom. The molecule has 37 heavy (non-hydrogen) atoms. The largest absolute Gasteiger partial charge is 0.497 e. The lowest BCUT2D eigenvalue weighted by Crippen LogP contribution is -2.21. The van der Waals surface area contributed by atoms with Crippen LogP contribution in [0.4, 0.5) is 17.1 Å². The molecule has 0 radical (unpaired) electrons. The third kappa shape index (κ3) is 5.16. The molecule has 3 heterocycles. The first-order chi connectivity index (χ1) is 18.1. The van der Waals surface area contributed by atoms with Gasteiger partial charge in [-0.05, 0) is 30.3 Å². The Kier molecular flexibility index (Phi) is 6.85. The second-order valence-electron chi connectivity index (χ2n) is 8.55. The maximum atomic E-state index is 5.56. The van der Waals surface area contributed by atoms with Crippen LogP contribution in [0.5, 0.6) is 11.5 Å². The van der Waals surface area contributed by atoms with Gasteiger partial charge in [-0.3, -0.25) is 14.6 Å². The summed E-state index contributed by atoms with van der Waals surface area (Å²) in [4.78, 5) is 16.4. The van der Waals surface area contributed by atoms with Gasteiger partial charge in [0.25, 0.3) is 0 Å². The van der Waals surface area contributed by atoms with Crippen molar-refractivity contribution < 1.29 is 9.47 Å². The van der Waals surface area contributed by atoms with Crippen LogP contribution in [0.15, 0.2) is 73.3 Å². The van der Waals surface area contributed by atoms with E-state index in [0.29, 0.717) is 18.0 Å². The average molecular weight is 496 g/mol. The number of nitrogens with zero attached hydrogens (tertiary/aromatic N) is 6. The zero-order chi connectivity index (χ0) is 25.8. The highest BCUT2D eigenvalue weighted by molar-refractivity contribution is 5.82. The normalized spacial score (nSPS) is 10.9. The quantitative estimate of drug-likeness (QED) is 0.310. The molecule has 0 aliphatic rings. The molecule has 0 atom stereocenters. The predicted octanol–water partition coefficient (Wildman–Crippen LogP) is 4.87. The van der Waals surface area contributed by atoms with Gasteiger partial charge in [0.15, 0.2) is 0 Å². The number of fused-ring (bicyclic) bond motifs is 1. The Bertz CT molecular complexity index is 1510. The van der Waals surface area contributed by atoms with E-state index < -0.39 is 0 Å². The van der Waals surface area contributed by atoms with Gasteiger partial charge in [-0.1, -0.05) is 0 Å². The van der Waals surface area contributed by atoms with E-state index >= 15 is 0 Å². The summed E-state index contributed by atoms with van der Waals surface area (Å²) < 4.78 is 12.9. The minimum atomic E-state index is 0.670. The zero-order valence-electron chi connectivity index (χ0n) is 21.3. The van der Waals surface area contributed by atoms with Gasteiger partial charge in [0.1, 0.15) is 11.5 Å². The first-order valence-corrected chi connectivity index (χ1v) is 12.0. The summed E-state index contributed by atoms with van der Waals surface area (Å²) in [5.41, 5.74) is 7.23. The summed E-state index contributed by atoms with van der Waals surface area (Å²) in [6.07, 6.45) is 8.04. The fourth-order valence-electron chi connectivity index (χ4n) is 4.30. The summed E-state index contributed by atoms with van der Waals surface area (Å²) in [5.74, 6) is 1.43. The highest BCUT2D eigenvalue weighted by atomic mass is 16.5. The van der Waals surface area contributed by atoms with E-state index in [9.17, 15) is 0 Å². The lowest BCUT2D eigenvalue weighted by Gasteiger charge is -2.26. The van der Waals surface area contributed by atoms with E-state index in [1.165, 1.54) is 0 Å². The Hall–Kier alpha value is -4.66. The summed E-state index contributed by atoms with van der Waals surface area (Å²) in [6.45, 7) is 0.670. The average Bonchev–Trinajstić information content (AvgIpc) is 3.38. The summed E-state index contributed by atoms with van der Waals surface area (Å²) >= 11 is 0. The minimum Gasteiger partial charge on any atom is -0.497 e. The number of hydrogen-bond donors (Lipinski definition) is 1. The highest BCUT2D eigenvalue weighted by Crippen LogP contribution is 2.34. The fraction of sp³-hybridized carbons (Fsp3) is 0.214. The van der Waals surface area contributed by atoms with Gasteiger partial charge < -0.3 is 19.7 Å². The molecule has 2 aromatic carbocycles. The molecule has 9 nitrogen and oxygen atoms in total. The van der Waals surface area contributed by atoms with Crippen LogP contribution in [-0.2, 0) is 13.5 Å². The monoisotopic (exact) mass is 495 g/mol. The van der Waals surface area contributed by atoms with Crippen molar-refractivity contribution in [3.05, 3.63) is 79.0 Å². The molecule has 0 aliphatic carbocycles. The molecular weight excluding hydrogens is 466 g/mol. The van der Waals surface area contributed by atoms with Gasteiger partial charge in [-0.2, -0.15) is 5.10 Å². The second-order valence-corrected chi connectivity index (χ2v) is 8.55. The van der Waals surface area contributed by atoms with E-state index in [2.05, 4.69) is 37.4 Å². The van der Waals surface area contributed by atoms with E-state index in [1.54, 1.807) is 31.3 Å². The Balaban J connectivity index is 1.57. The Morgan fingerprint density at radius 3 is 2.43 bits per heavy atom. The molecule has 5 rings (SSSR count). The molecular formula is C28H29N7O2. The Morgan fingerprint density at radius 2 is 1.73 bits per heavy atom. The molecule has 9 heteroatoms. The van der Waals surface area contributed by atoms with E-state index in [1.807, 2.05) is 62.9 Å². The van der Waals surface area contributed by atoms with Crippen LogP contribution in [0.3, 0.4) is 0 Å². The van der Waals surface area contributed by atoms with Crippen LogP contribution in [0.25, 0.3) is 22.3 Å². The minimum absolute atomic E-state index is 0.670. The van der Waals surface area contributed by atoms with Crippen LogP contribution in [0.2, 0.25) is 0 Å². The van der Waals surface area contributed by atoms with Crippen molar-refractivity contribution in [2.75, 3.05) is 38.0 Å². The number of anilines is 3. The topological polar surface area (TPSA) is 90.2 Å². The molecule has 1 N–H and O–H groups in total. The van der Waals surface area contributed by atoms with Gasteiger partial charge in [0, 0.05) is 74.6 Å². The number of aromatic nitrogens is 5. The van der Waals surface area contributed by atoms with Crippen LogP contribution in [0, 0.1) is 0 Å². The molecule has 5 aromatic rings. The van der Waals surface area contributed by atoms with Crippen LogP contribution in [0.1, 0.15) is 5.69 Å². The highest BCUT2D eigenvalue weighted by Gasteiger charge is 2.16. The van der Waals surface area contributed by atoms with Crippen molar-refractivity contribution in [3.63, 3.8) is 0 Å². The van der Waals surface area contributed by atoms with Crippen molar-refractivity contribution in [2.45, 2.75) is 6.42 Å². The molecule has 188 valence electrons. The number of pyridine rings is 1. The first-order valence-electron chi connectivity index (χ1n) is 12.0. The van der Waals surface area contributed by atoms with Crippen molar-refractivity contribution >= 4 is 28.1 Å². The Labute approximate surface area is 215 Å². The molecule has 0 aliphatic heterocycles. The summed E-state index contributed by atoms with van der Waals surface area (Å²) in [5, 5.41) is 7.50. The maximum absolute atomic E-state index is 5.56. The van der Waals surface area contributed by atoms with Crippen molar-refractivity contribution in [3.8, 4) is 22.8 Å². The van der Waals surface area contributed by atoms with Gasteiger partial charge in [-0.15, -0.1) is 0 Å². The molecule has 3 aromatic heterocycles. The van der Waals surface area contributed by atoms with E-state index in [-0.39, 0.29) is 0 Å². The smallest absolute Gasteiger partial charge is 0.124 e. The number of ether oxygens (including phenoxy) is 2. The van der Waals surface area contributed by atoms with Gasteiger partial charge >= 0.3 is 0 Å². The van der Waals surface area contributed by atoms with E-state index in [4.69, 9.17) is 14.5 Å². The van der Waals surface area contributed by atoms with Gasteiger partial charge in [-0.25, -0.2) is 4.98 Å².